The zero-order chi connectivity index (χ0) is 37.9. The Morgan fingerprint density at radius 3 is 2.04 bits per heavy atom. The Morgan fingerprint density at radius 2 is 1.25 bits per heavy atom. The highest BCUT2D eigenvalue weighted by Gasteiger charge is 2.20. The summed E-state index contributed by atoms with van der Waals surface area (Å²) in [5, 5.41) is 2.34. The number of rotatable bonds is 6. The number of imidazole rings is 1. The molecule has 55 heavy (non-hydrogen) atoms. The Labute approximate surface area is 322 Å². The van der Waals surface area contributed by atoms with E-state index in [1.807, 2.05) is 18.3 Å². The van der Waals surface area contributed by atoms with Crippen molar-refractivity contribution in [2.75, 3.05) is 0 Å². The third-order valence-corrected chi connectivity index (χ3v) is 10.6. The molecular weight excluding hydrogens is 673 g/mol. The van der Waals surface area contributed by atoms with E-state index in [4.69, 9.17) is 9.72 Å². The molecule has 0 saturated carbocycles. The van der Waals surface area contributed by atoms with Gasteiger partial charge in [0.2, 0.25) is 0 Å². The van der Waals surface area contributed by atoms with Gasteiger partial charge in [0.1, 0.15) is 17.3 Å². The molecule has 9 rings (SSSR count). The van der Waals surface area contributed by atoms with Crippen molar-refractivity contribution in [1.82, 2.24) is 14.1 Å². The summed E-state index contributed by atoms with van der Waals surface area (Å²) in [4.78, 5) is 4.86. The lowest BCUT2D eigenvalue weighted by molar-refractivity contribution is -0.572. The molecule has 3 aromatic heterocycles. The molecule has 0 unspecified atom stereocenters. The predicted molar refractivity (Wildman–Crippen MR) is 225 cm³/mol. The number of benzene rings is 6. The van der Waals surface area contributed by atoms with Crippen LogP contribution < -0.4 is 9.30 Å². The van der Waals surface area contributed by atoms with Crippen LogP contribution in [0.15, 0.2) is 158 Å². The van der Waals surface area contributed by atoms with Gasteiger partial charge in [-0.15, -0.1) is 0 Å². The number of aromatic nitrogens is 4. The van der Waals surface area contributed by atoms with Gasteiger partial charge in [-0.1, -0.05) is 126 Å². The smallest absolute Gasteiger partial charge is 0.269 e. The molecule has 0 aliphatic rings. The highest BCUT2D eigenvalue weighted by molar-refractivity contribution is 6.09. The molecule has 0 saturated heterocycles. The molecule has 0 aliphatic heterocycles. The molecule has 6 aromatic carbocycles. The van der Waals surface area contributed by atoms with Crippen LogP contribution in [0.2, 0.25) is 0 Å². The molecule has 0 bridgehead atoms. The van der Waals surface area contributed by atoms with Crippen molar-refractivity contribution in [3.05, 3.63) is 175 Å². The summed E-state index contributed by atoms with van der Waals surface area (Å²) < 4.78 is 13.3. The lowest BCUT2D eigenvalue weighted by Gasteiger charge is -2.20. The maximum Gasteiger partial charge on any atom is 0.269 e. The highest BCUT2D eigenvalue weighted by Crippen LogP contribution is 2.37. The summed E-state index contributed by atoms with van der Waals surface area (Å²) in [5.41, 5.74) is 11.2. The molecule has 0 amide bonds. The summed E-state index contributed by atoms with van der Waals surface area (Å²) in [6.45, 7) is 13.4. The Hall–Kier alpha value is -6.46. The fourth-order valence-corrected chi connectivity index (χ4v) is 7.59. The molecule has 0 radical (unpaired) electrons. The number of ether oxygens (including phenoxy) is 1. The lowest BCUT2D eigenvalue weighted by atomic mass is 9.87. The van der Waals surface area contributed by atoms with Gasteiger partial charge in [-0.25, -0.2) is 4.98 Å². The number of hydrogen-bond donors (Lipinski definition) is 0. The fraction of sp³-hybridized carbons (Fsp3) is 0.160. The maximum atomic E-state index is 6.69. The average molecular weight is 717 g/mol. The van der Waals surface area contributed by atoms with E-state index in [1.165, 1.54) is 16.5 Å². The molecule has 3 heterocycles. The zero-order valence-electron chi connectivity index (χ0n) is 32.2. The molecular formula is C50H44N4O. The Morgan fingerprint density at radius 1 is 0.564 bits per heavy atom. The van der Waals surface area contributed by atoms with Crippen LogP contribution in [-0.4, -0.2) is 14.1 Å². The summed E-state index contributed by atoms with van der Waals surface area (Å²) in [6.07, 6.45) is 5.64. The highest BCUT2D eigenvalue weighted by atomic mass is 16.5. The summed E-state index contributed by atoms with van der Waals surface area (Å²) in [6, 6.07) is 53.4. The normalized spacial score (nSPS) is 12.2. The number of fused-ring (bicyclic) bond motifs is 4. The van der Waals surface area contributed by atoms with Crippen molar-refractivity contribution in [3.63, 3.8) is 0 Å². The number of hydrogen-bond acceptors (Lipinski definition) is 2. The molecule has 9 aromatic rings. The van der Waals surface area contributed by atoms with Crippen molar-refractivity contribution in [3.8, 4) is 39.8 Å². The van der Waals surface area contributed by atoms with E-state index in [1.54, 1.807) is 0 Å². The second-order valence-corrected chi connectivity index (χ2v) is 16.4. The fourth-order valence-electron chi connectivity index (χ4n) is 7.59. The molecule has 0 N–H and O–H groups in total. The molecule has 0 spiro atoms. The first-order valence-electron chi connectivity index (χ1n) is 19.0. The third-order valence-electron chi connectivity index (χ3n) is 10.6. The van der Waals surface area contributed by atoms with Gasteiger partial charge in [0.05, 0.1) is 33.4 Å². The minimum absolute atomic E-state index is 0.00250. The molecule has 0 aliphatic carbocycles. The van der Waals surface area contributed by atoms with Crippen LogP contribution in [0.25, 0.3) is 61.2 Å². The van der Waals surface area contributed by atoms with Crippen molar-refractivity contribution in [2.45, 2.75) is 52.4 Å². The van der Waals surface area contributed by atoms with Crippen LogP contribution in [0.3, 0.4) is 0 Å². The van der Waals surface area contributed by atoms with Gasteiger partial charge in [-0.05, 0) is 93.7 Å². The van der Waals surface area contributed by atoms with E-state index in [-0.39, 0.29) is 10.8 Å². The first-order valence-corrected chi connectivity index (χ1v) is 19.0. The van der Waals surface area contributed by atoms with Crippen LogP contribution in [-0.2, 0) is 10.8 Å². The largest absolute Gasteiger partial charge is 0.458 e. The second kappa shape index (κ2) is 13.1. The van der Waals surface area contributed by atoms with E-state index < -0.39 is 0 Å². The SMILES string of the molecule is CC(C)(C)c1ccc(-[n+]2[c-]n(-c3cccc(Oc4ccc5c6ccccc6n(-c6cc(C(C)(C)C)ccn6)c5c4)c3)c3cccc(-c4ccccc4)c32)cc1. The lowest BCUT2D eigenvalue weighted by Crippen LogP contribution is -2.30. The average Bonchev–Trinajstić information content (AvgIpc) is 3.74. The van der Waals surface area contributed by atoms with Crippen molar-refractivity contribution in [1.29, 1.82) is 0 Å². The predicted octanol–water partition coefficient (Wildman–Crippen LogP) is 12.3. The number of nitrogens with zero attached hydrogens (tertiary/aromatic N) is 4. The minimum Gasteiger partial charge on any atom is -0.458 e. The van der Waals surface area contributed by atoms with E-state index in [2.05, 4.69) is 201 Å². The van der Waals surface area contributed by atoms with Crippen LogP contribution >= 0.6 is 0 Å². The monoisotopic (exact) mass is 716 g/mol. The van der Waals surface area contributed by atoms with E-state index >= 15 is 0 Å². The van der Waals surface area contributed by atoms with Gasteiger partial charge < -0.3 is 4.74 Å². The molecule has 5 nitrogen and oxygen atoms in total. The van der Waals surface area contributed by atoms with Crippen molar-refractivity contribution in [2.24, 2.45) is 0 Å². The quantitative estimate of drug-likeness (QED) is 0.127. The Balaban J connectivity index is 1.15. The van der Waals surface area contributed by atoms with Gasteiger partial charge in [0.25, 0.3) is 6.33 Å². The number of para-hydroxylation sites is 2. The van der Waals surface area contributed by atoms with Crippen LogP contribution in [0.5, 0.6) is 11.5 Å². The van der Waals surface area contributed by atoms with Crippen LogP contribution in [0.4, 0.5) is 0 Å². The van der Waals surface area contributed by atoms with Crippen molar-refractivity contribution < 1.29 is 9.30 Å². The molecule has 0 atom stereocenters. The van der Waals surface area contributed by atoms with E-state index in [9.17, 15) is 0 Å². The third kappa shape index (κ3) is 6.26. The van der Waals surface area contributed by atoms with Gasteiger partial charge >= 0.3 is 0 Å². The molecule has 270 valence electrons. The minimum atomic E-state index is -0.00250. The Bertz CT molecular complexity index is 2850. The summed E-state index contributed by atoms with van der Waals surface area (Å²) >= 11 is 0. The van der Waals surface area contributed by atoms with E-state index in [0.29, 0.717) is 0 Å². The summed E-state index contributed by atoms with van der Waals surface area (Å²) in [5.74, 6) is 2.38. The molecule has 0 fully saturated rings. The topological polar surface area (TPSA) is 35.9 Å². The first-order chi connectivity index (χ1) is 26.5. The van der Waals surface area contributed by atoms with Gasteiger partial charge in [-0.2, -0.15) is 0 Å². The van der Waals surface area contributed by atoms with Gasteiger partial charge in [-0.3, -0.25) is 13.7 Å². The first kappa shape index (κ1) is 34.3. The standard InChI is InChI=1S/C50H44N4O/c1-49(2,3)35-22-24-37(25-23-35)53-33-52(45-21-13-19-41(48(45)53)34-14-8-7-9-15-34)38-16-12-17-39(31-38)55-40-26-27-43-42-18-10-11-20-44(42)54(46(43)32-40)47-30-36(28-29-51-47)50(4,5)6/h7-32H,1-6H3. The van der Waals surface area contributed by atoms with Gasteiger partial charge in [0.15, 0.2) is 0 Å². The van der Waals surface area contributed by atoms with Gasteiger partial charge in [0, 0.05) is 23.0 Å². The zero-order valence-corrected chi connectivity index (χ0v) is 32.2. The van der Waals surface area contributed by atoms with Crippen LogP contribution in [0, 0.1) is 6.33 Å². The maximum absolute atomic E-state index is 6.69. The van der Waals surface area contributed by atoms with Crippen LogP contribution in [0.1, 0.15) is 52.7 Å². The van der Waals surface area contributed by atoms with Crippen molar-refractivity contribution >= 4 is 32.8 Å². The second-order valence-electron chi connectivity index (χ2n) is 16.4. The summed E-state index contributed by atoms with van der Waals surface area (Å²) in [7, 11) is 0. The Kier molecular flexibility index (Phi) is 8.20. The molecule has 5 heteroatoms. The number of pyridine rings is 1. The van der Waals surface area contributed by atoms with E-state index in [0.717, 1.165) is 67.3 Å².